The lowest BCUT2D eigenvalue weighted by Crippen LogP contribution is -2.24. The van der Waals surface area contributed by atoms with Gasteiger partial charge in [-0.05, 0) is 56.1 Å². The molecule has 1 nitrogen and oxygen atoms in total. The standard InChI is InChI=1S/C12H25NS/c1-12(2,7-4-10-14-3)8-9-13-11-5-6-11/h11,13H,4-10H2,1-3H3. The number of hydrogen-bond donors (Lipinski definition) is 1. The van der Waals surface area contributed by atoms with Crippen molar-refractivity contribution in [3.05, 3.63) is 0 Å². The Morgan fingerprint density at radius 3 is 2.57 bits per heavy atom. The van der Waals surface area contributed by atoms with Crippen LogP contribution in [0.5, 0.6) is 0 Å². The quantitative estimate of drug-likeness (QED) is 0.624. The van der Waals surface area contributed by atoms with Crippen LogP contribution in [-0.2, 0) is 0 Å². The number of nitrogens with one attached hydrogen (secondary N) is 1. The molecule has 0 amide bonds. The monoisotopic (exact) mass is 215 g/mol. The highest BCUT2D eigenvalue weighted by Crippen LogP contribution is 2.27. The summed E-state index contributed by atoms with van der Waals surface area (Å²) in [7, 11) is 0. The smallest absolute Gasteiger partial charge is 0.00682 e. The molecule has 0 saturated heterocycles. The zero-order valence-electron chi connectivity index (χ0n) is 9.94. The molecular formula is C12H25NS. The normalized spacial score (nSPS) is 17.4. The summed E-state index contributed by atoms with van der Waals surface area (Å²) in [6.07, 6.45) is 9.09. The van der Waals surface area contributed by atoms with E-state index >= 15 is 0 Å². The predicted octanol–water partition coefficient (Wildman–Crippen LogP) is 3.30. The lowest BCUT2D eigenvalue weighted by atomic mass is 9.84. The molecule has 0 spiro atoms. The van der Waals surface area contributed by atoms with Gasteiger partial charge < -0.3 is 5.32 Å². The molecule has 0 bridgehead atoms. The van der Waals surface area contributed by atoms with Crippen molar-refractivity contribution in [3.63, 3.8) is 0 Å². The molecule has 1 aliphatic rings. The Hall–Kier alpha value is 0.310. The molecule has 1 rings (SSSR count). The summed E-state index contributed by atoms with van der Waals surface area (Å²) < 4.78 is 0. The van der Waals surface area contributed by atoms with Gasteiger partial charge in [-0.3, -0.25) is 0 Å². The van der Waals surface area contributed by atoms with Crippen molar-refractivity contribution < 1.29 is 0 Å². The largest absolute Gasteiger partial charge is 0.314 e. The Kier molecular flexibility index (Phi) is 5.32. The molecule has 0 atom stereocenters. The van der Waals surface area contributed by atoms with Gasteiger partial charge >= 0.3 is 0 Å². The molecule has 0 aromatic rings. The van der Waals surface area contributed by atoms with Crippen LogP contribution in [0.25, 0.3) is 0 Å². The van der Waals surface area contributed by atoms with Crippen LogP contribution < -0.4 is 5.32 Å². The summed E-state index contributed by atoms with van der Waals surface area (Å²) in [4.78, 5) is 0. The fourth-order valence-corrected chi connectivity index (χ4v) is 2.16. The lowest BCUT2D eigenvalue weighted by molar-refractivity contribution is 0.299. The van der Waals surface area contributed by atoms with Gasteiger partial charge in [-0.2, -0.15) is 11.8 Å². The Morgan fingerprint density at radius 1 is 1.29 bits per heavy atom. The van der Waals surface area contributed by atoms with E-state index in [4.69, 9.17) is 0 Å². The summed E-state index contributed by atoms with van der Waals surface area (Å²) in [5, 5.41) is 3.60. The Labute approximate surface area is 93.4 Å². The first-order valence-corrected chi connectivity index (χ1v) is 7.26. The lowest BCUT2D eigenvalue weighted by Gasteiger charge is -2.24. The van der Waals surface area contributed by atoms with Crippen LogP contribution >= 0.6 is 11.8 Å². The average Bonchev–Trinajstić information content (AvgIpc) is 2.88. The minimum Gasteiger partial charge on any atom is -0.314 e. The average molecular weight is 215 g/mol. The van der Waals surface area contributed by atoms with E-state index in [1.54, 1.807) is 0 Å². The van der Waals surface area contributed by atoms with Crippen LogP contribution in [0.4, 0.5) is 0 Å². The van der Waals surface area contributed by atoms with E-state index in [-0.39, 0.29) is 0 Å². The first kappa shape index (κ1) is 12.4. The summed E-state index contributed by atoms with van der Waals surface area (Å²) in [5.74, 6) is 1.32. The topological polar surface area (TPSA) is 12.0 Å². The van der Waals surface area contributed by atoms with Crippen molar-refractivity contribution in [3.8, 4) is 0 Å². The SMILES string of the molecule is CSCCCC(C)(C)CCNC1CC1. The van der Waals surface area contributed by atoms with Crippen LogP contribution in [0.1, 0.15) is 46.0 Å². The number of hydrogen-bond acceptors (Lipinski definition) is 2. The molecule has 2 heteroatoms. The molecule has 0 aromatic heterocycles. The number of thioether (sulfide) groups is 1. The molecule has 1 N–H and O–H groups in total. The second-order valence-electron chi connectivity index (χ2n) is 5.24. The van der Waals surface area contributed by atoms with Gasteiger partial charge in [0.2, 0.25) is 0 Å². The van der Waals surface area contributed by atoms with Gasteiger partial charge in [0.1, 0.15) is 0 Å². The van der Waals surface area contributed by atoms with Crippen LogP contribution in [0.2, 0.25) is 0 Å². The van der Waals surface area contributed by atoms with Gasteiger partial charge in [-0.1, -0.05) is 13.8 Å². The van der Waals surface area contributed by atoms with Crippen molar-refractivity contribution in [2.75, 3.05) is 18.6 Å². The third-order valence-corrected chi connectivity index (χ3v) is 3.71. The second kappa shape index (κ2) is 6.02. The summed E-state index contributed by atoms with van der Waals surface area (Å²) in [6, 6.07) is 0.872. The van der Waals surface area contributed by atoms with Crippen LogP contribution in [0.15, 0.2) is 0 Å². The maximum Gasteiger partial charge on any atom is 0.00682 e. The van der Waals surface area contributed by atoms with Crippen molar-refractivity contribution >= 4 is 11.8 Å². The highest BCUT2D eigenvalue weighted by Gasteiger charge is 2.22. The predicted molar refractivity (Wildman–Crippen MR) is 67.0 cm³/mol. The molecular weight excluding hydrogens is 190 g/mol. The van der Waals surface area contributed by atoms with Gasteiger partial charge in [0, 0.05) is 6.04 Å². The Morgan fingerprint density at radius 2 is 2.00 bits per heavy atom. The van der Waals surface area contributed by atoms with E-state index in [9.17, 15) is 0 Å². The van der Waals surface area contributed by atoms with Crippen molar-refractivity contribution in [2.24, 2.45) is 5.41 Å². The molecule has 0 radical (unpaired) electrons. The van der Waals surface area contributed by atoms with Crippen molar-refractivity contribution in [2.45, 2.75) is 52.0 Å². The van der Waals surface area contributed by atoms with E-state index in [1.807, 2.05) is 11.8 Å². The van der Waals surface area contributed by atoms with Gasteiger partial charge in [0.05, 0.1) is 0 Å². The van der Waals surface area contributed by atoms with E-state index < -0.39 is 0 Å². The summed E-state index contributed by atoms with van der Waals surface area (Å²) in [6.45, 7) is 6.03. The van der Waals surface area contributed by atoms with Crippen LogP contribution in [0, 0.1) is 5.41 Å². The second-order valence-corrected chi connectivity index (χ2v) is 6.22. The zero-order valence-corrected chi connectivity index (χ0v) is 10.8. The van der Waals surface area contributed by atoms with Crippen molar-refractivity contribution in [1.82, 2.24) is 5.32 Å². The highest BCUT2D eigenvalue weighted by molar-refractivity contribution is 7.98. The molecule has 84 valence electrons. The van der Waals surface area contributed by atoms with E-state index in [2.05, 4.69) is 25.4 Å². The molecule has 0 aromatic carbocycles. The molecule has 1 aliphatic carbocycles. The summed E-state index contributed by atoms with van der Waals surface area (Å²) in [5.41, 5.74) is 0.539. The fourth-order valence-electron chi connectivity index (χ4n) is 1.72. The zero-order chi connectivity index (χ0) is 10.4. The Bertz CT molecular complexity index is 152. The molecule has 1 saturated carbocycles. The number of rotatable bonds is 8. The van der Waals surface area contributed by atoms with E-state index in [1.165, 1.54) is 44.4 Å². The minimum atomic E-state index is 0.539. The third kappa shape index (κ3) is 5.92. The third-order valence-electron chi connectivity index (χ3n) is 3.01. The van der Waals surface area contributed by atoms with Crippen LogP contribution in [-0.4, -0.2) is 24.6 Å². The molecule has 14 heavy (non-hydrogen) atoms. The highest BCUT2D eigenvalue weighted by atomic mass is 32.2. The van der Waals surface area contributed by atoms with Gasteiger partial charge in [-0.25, -0.2) is 0 Å². The van der Waals surface area contributed by atoms with E-state index in [0.717, 1.165) is 6.04 Å². The summed E-state index contributed by atoms with van der Waals surface area (Å²) >= 11 is 1.97. The first-order chi connectivity index (χ1) is 6.64. The minimum absolute atomic E-state index is 0.539. The Balaban J connectivity index is 1.99. The maximum atomic E-state index is 3.60. The molecule has 0 heterocycles. The van der Waals surface area contributed by atoms with E-state index in [0.29, 0.717) is 5.41 Å². The van der Waals surface area contributed by atoms with Gasteiger partial charge in [-0.15, -0.1) is 0 Å². The molecule has 0 aliphatic heterocycles. The fraction of sp³-hybridized carbons (Fsp3) is 1.00. The first-order valence-electron chi connectivity index (χ1n) is 5.86. The molecule has 1 fully saturated rings. The molecule has 0 unspecified atom stereocenters. The van der Waals surface area contributed by atoms with Crippen molar-refractivity contribution in [1.29, 1.82) is 0 Å². The van der Waals surface area contributed by atoms with Gasteiger partial charge in [0.25, 0.3) is 0 Å². The van der Waals surface area contributed by atoms with Crippen LogP contribution in [0.3, 0.4) is 0 Å². The van der Waals surface area contributed by atoms with Gasteiger partial charge in [0.15, 0.2) is 0 Å². The maximum absolute atomic E-state index is 3.60.